The number of halogens is 5. The molecule has 1 saturated carbocycles. The van der Waals surface area contributed by atoms with Crippen LogP contribution in [0.3, 0.4) is 0 Å². The Morgan fingerprint density at radius 3 is 2.38 bits per heavy atom. The highest BCUT2D eigenvalue weighted by Crippen LogP contribution is 2.45. The van der Waals surface area contributed by atoms with Crippen molar-refractivity contribution in [2.75, 3.05) is 11.6 Å². The third-order valence-electron chi connectivity index (χ3n) is 6.45. The molecule has 3 aromatic rings. The SMILES string of the molecule is Cc1cc(C2(O)CCC2)c(F)c(F)c1Oc1nnc(C(F)(F)F)c(C)c1C(=O)Nc1cccc(S(C)(=N)=O)c1. The van der Waals surface area contributed by atoms with Gasteiger partial charge in [0.1, 0.15) is 5.56 Å². The second kappa shape index (κ2) is 9.83. The van der Waals surface area contributed by atoms with E-state index in [-0.39, 0.29) is 34.6 Å². The smallest absolute Gasteiger partial charge is 0.433 e. The first-order chi connectivity index (χ1) is 18.0. The molecule has 1 fully saturated rings. The predicted molar refractivity (Wildman–Crippen MR) is 130 cm³/mol. The lowest BCUT2D eigenvalue weighted by molar-refractivity contribution is -0.142. The standard InChI is InChI=1S/C25H23F5N4O4S/c1-12-10-16(24(36)8-5-9-24)18(26)19(27)20(12)38-23-17(13(2)21(33-34-23)25(28,29)30)22(35)32-14-6-4-7-15(11-14)39(3,31)37/h4,6-7,10-11,31,36H,5,8-9H2,1-3H3,(H,32,35). The largest absolute Gasteiger partial charge is 0.435 e. The minimum absolute atomic E-state index is 0.00143. The number of aliphatic hydroxyl groups is 1. The van der Waals surface area contributed by atoms with Gasteiger partial charge in [0.15, 0.2) is 17.3 Å². The fraction of sp³-hybridized carbons (Fsp3) is 0.320. The number of carbonyl (C=O) groups excluding carboxylic acids is 1. The van der Waals surface area contributed by atoms with Crippen LogP contribution in [-0.4, -0.2) is 31.7 Å². The number of carbonyl (C=O) groups is 1. The molecule has 0 saturated heterocycles. The zero-order valence-corrected chi connectivity index (χ0v) is 21.7. The topological polar surface area (TPSA) is 125 Å². The van der Waals surface area contributed by atoms with E-state index >= 15 is 4.39 Å². The lowest BCUT2D eigenvalue weighted by atomic mass is 9.74. The van der Waals surface area contributed by atoms with Gasteiger partial charge in [0.05, 0.1) is 15.3 Å². The zero-order valence-electron chi connectivity index (χ0n) is 20.9. The van der Waals surface area contributed by atoms with Gasteiger partial charge >= 0.3 is 6.18 Å². The summed E-state index contributed by atoms with van der Waals surface area (Å²) in [6, 6.07) is 6.50. The molecule has 0 bridgehead atoms. The number of hydrogen-bond acceptors (Lipinski definition) is 7. The molecule has 1 amide bonds. The molecule has 4 rings (SSSR count). The van der Waals surface area contributed by atoms with Crippen LogP contribution in [0.25, 0.3) is 0 Å². The highest BCUT2D eigenvalue weighted by Gasteiger charge is 2.41. The Morgan fingerprint density at radius 1 is 1.15 bits per heavy atom. The number of anilines is 1. The van der Waals surface area contributed by atoms with Gasteiger partial charge in [-0.1, -0.05) is 6.07 Å². The highest BCUT2D eigenvalue weighted by molar-refractivity contribution is 7.91. The van der Waals surface area contributed by atoms with Gasteiger partial charge in [-0.2, -0.15) is 17.6 Å². The molecule has 0 radical (unpaired) electrons. The molecule has 1 aliphatic carbocycles. The summed E-state index contributed by atoms with van der Waals surface area (Å²) in [6.07, 6.45) is -2.78. The van der Waals surface area contributed by atoms with E-state index in [2.05, 4.69) is 15.5 Å². The fourth-order valence-corrected chi connectivity index (χ4v) is 4.89. The maximum absolute atomic E-state index is 15.1. The van der Waals surface area contributed by atoms with Crippen molar-refractivity contribution < 1.29 is 40.8 Å². The number of amides is 1. The van der Waals surface area contributed by atoms with E-state index in [1.165, 1.54) is 37.3 Å². The fourth-order valence-electron chi connectivity index (χ4n) is 4.20. The van der Waals surface area contributed by atoms with Crippen molar-refractivity contribution in [3.05, 3.63) is 69.9 Å². The van der Waals surface area contributed by atoms with Crippen LogP contribution in [0.15, 0.2) is 35.2 Å². The molecular formula is C25H23F5N4O4S. The molecule has 39 heavy (non-hydrogen) atoms. The summed E-state index contributed by atoms with van der Waals surface area (Å²) in [5.74, 6) is -5.65. The molecule has 2 aromatic carbocycles. The van der Waals surface area contributed by atoms with Gasteiger partial charge in [-0.15, -0.1) is 10.2 Å². The minimum Gasteiger partial charge on any atom is -0.433 e. The Morgan fingerprint density at radius 2 is 1.82 bits per heavy atom. The van der Waals surface area contributed by atoms with Crippen molar-refractivity contribution in [3.8, 4) is 11.6 Å². The Bertz CT molecular complexity index is 1590. The van der Waals surface area contributed by atoms with E-state index in [4.69, 9.17) is 9.52 Å². The van der Waals surface area contributed by atoms with Crippen LogP contribution in [0.1, 0.15) is 52.0 Å². The number of aryl methyl sites for hydroxylation is 1. The van der Waals surface area contributed by atoms with Crippen LogP contribution in [0.4, 0.5) is 27.6 Å². The number of benzene rings is 2. The van der Waals surface area contributed by atoms with Crippen molar-refractivity contribution in [2.45, 2.75) is 49.8 Å². The van der Waals surface area contributed by atoms with Crippen LogP contribution in [-0.2, 0) is 21.5 Å². The van der Waals surface area contributed by atoms with Crippen molar-refractivity contribution in [1.29, 1.82) is 4.78 Å². The molecular weight excluding hydrogens is 547 g/mol. The Hall–Kier alpha value is -3.65. The lowest BCUT2D eigenvalue weighted by Gasteiger charge is -2.37. The second-order valence-electron chi connectivity index (χ2n) is 9.36. The quantitative estimate of drug-likeness (QED) is 0.320. The van der Waals surface area contributed by atoms with Crippen LogP contribution in [0.2, 0.25) is 0 Å². The molecule has 1 aliphatic rings. The summed E-state index contributed by atoms with van der Waals surface area (Å²) in [7, 11) is -3.18. The molecule has 1 unspecified atom stereocenters. The van der Waals surface area contributed by atoms with Crippen LogP contribution in [0.5, 0.6) is 11.6 Å². The van der Waals surface area contributed by atoms with Gasteiger partial charge in [0.2, 0.25) is 5.82 Å². The van der Waals surface area contributed by atoms with Gasteiger partial charge < -0.3 is 15.2 Å². The summed E-state index contributed by atoms with van der Waals surface area (Å²) in [5, 5.41) is 19.3. The van der Waals surface area contributed by atoms with Gasteiger partial charge in [-0.3, -0.25) is 4.79 Å². The highest BCUT2D eigenvalue weighted by atomic mass is 32.2. The van der Waals surface area contributed by atoms with Gasteiger partial charge in [-0.05, 0) is 68.5 Å². The maximum atomic E-state index is 15.1. The van der Waals surface area contributed by atoms with E-state index in [9.17, 15) is 31.7 Å². The van der Waals surface area contributed by atoms with Crippen LogP contribution in [0, 0.1) is 30.3 Å². The minimum atomic E-state index is -5.00. The average Bonchev–Trinajstić information content (AvgIpc) is 2.81. The lowest BCUT2D eigenvalue weighted by Crippen LogP contribution is -2.35. The molecule has 0 aliphatic heterocycles. The van der Waals surface area contributed by atoms with Crippen molar-refractivity contribution >= 4 is 21.3 Å². The molecule has 3 N–H and O–H groups in total. The Labute approximate surface area is 220 Å². The first-order valence-corrected chi connectivity index (χ1v) is 13.5. The normalized spacial score (nSPS) is 16.2. The summed E-state index contributed by atoms with van der Waals surface area (Å²) in [4.78, 5) is 13.3. The van der Waals surface area contributed by atoms with Crippen LogP contribution >= 0.6 is 0 Å². The number of rotatable bonds is 6. The monoisotopic (exact) mass is 570 g/mol. The number of nitrogens with zero attached hydrogens (tertiary/aromatic N) is 2. The van der Waals surface area contributed by atoms with Crippen molar-refractivity contribution in [2.24, 2.45) is 0 Å². The van der Waals surface area contributed by atoms with Crippen molar-refractivity contribution in [3.63, 3.8) is 0 Å². The number of nitrogens with one attached hydrogen (secondary N) is 2. The van der Waals surface area contributed by atoms with Crippen molar-refractivity contribution in [1.82, 2.24) is 10.2 Å². The first-order valence-electron chi connectivity index (χ1n) is 11.5. The van der Waals surface area contributed by atoms with E-state index in [0.717, 1.165) is 13.2 Å². The molecule has 0 spiro atoms. The zero-order chi connectivity index (χ0) is 28.9. The van der Waals surface area contributed by atoms with Gasteiger partial charge in [0, 0.05) is 22.4 Å². The summed E-state index contributed by atoms with van der Waals surface area (Å²) in [6.45, 7) is 2.28. The third-order valence-corrected chi connectivity index (χ3v) is 7.60. The number of alkyl halides is 3. The molecule has 1 atom stereocenters. The van der Waals surface area contributed by atoms with E-state index < -0.39 is 67.5 Å². The summed E-state index contributed by atoms with van der Waals surface area (Å²) in [5.41, 5.74) is -4.77. The molecule has 8 nitrogen and oxygen atoms in total. The summed E-state index contributed by atoms with van der Waals surface area (Å²) >= 11 is 0. The number of aromatic nitrogens is 2. The van der Waals surface area contributed by atoms with Crippen LogP contribution < -0.4 is 10.1 Å². The molecule has 1 aromatic heterocycles. The number of hydrogen-bond donors (Lipinski definition) is 3. The van der Waals surface area contributed by atoms with Gasteiger partial charge in [-0.25, -0.2) is 13.4 Å². The van der Waals surface area contributed by atoms with E-state index in [1.807, 2.05) is 0 Å². The number of ether oxygens (including phenoxy) is 1. The second-order valence-corrected chi connectivity index (χ2v) is 11.5. The molecule has 14 heteroatoms. The summed E-state index contributed by atoms with van der Waals surface area (Å²) < 4.78 is 95.9. The van der Waals surface area contributed by atoms with Gasteiger partial charge in [0.25, 0.3) is 11.8 Å². The first kappa shape index (κ1) is 28.4. The maximum Gasteiger partial charge on any atom is 0.435 e. The Balaban J connectivity index is 1.79. The van der Waals surface area contributed by atoms with E-state index in [0.29, 0.717) is 6.42 Å². The molecule has 1 heterocycles. The molecule has 208 valence electrons. The predicted octanol–water partition coefficient (Wildman–Crippen LogP) is 5.84. The van der Waals surface area contributed by atoms with E-state index in [1.54, 1.807) is 0 Å². The third kappa shape index (κ3) is 5.43. The average molecular weight is 571 g/mol. The Kier molecular flexibility index (Phi) is 7.15.